The first-order valence-corrected chi connectivity index (χ1v) is 8.86. The summed E-state index contributed by atoms with van der Waals surface area (Å²) < 4.78 is 48.7. The molecule has 0 spiro atoms. The summed E-state index contributed by atoms with van der Waals surface area (Å²) in [5.74, 6) is -3.99. The second-order valence-corrected chi connectivity index (χ2v) is 7.29. The SMILES string of the molecule is CCC[C@H](C)N(C)CC(=O)Nc1ccccc1S(=O)(=O)C(F)F. The van der Waals surface area contributed by atoms with Crippen LogP contribution >= 0.6 is 0 Å². The van der Waals surface area contributed by atoms with Crippen molar-refractivity contribution in [3.05, 3.63) is 24.3 Å². The maximum atomic E-state index is 12.7. The number of carbonyl (C=O) groups excluding carboxylic acids is 1. The monoisotopic (exact) mass is 348 g/mol. The number of nitrogens with zero attached hydrogens (tertiary/aromatic N) is 1. The molecule has 23 heavy (non-hydrogen) atoms. The van der Waals surface area contributed by atoms with Crippen LogP contribution in [0.25, 0.3) is 0 Å². The van der Waals surface area contributed by atoms with Crippen molar-refractivity contribution in [2.45, 2.75) is 43.4 Å². The molecule has 1 aromatic carbocycles. The summed E-state index contributed by atoms with van der Waals surface area (Å²) in [7, 11) is -2.99. The Kier molecular flexibility index (Phi) is 7.08. The molecule has 0 unspecified atom stereocenters. The molecule has 0 aromatic heterocycles. The third-order valence-corrected chi connectivity index (χ3v) is 4.99. The molecular formula is C15H22F2N2O3S. The van der Waals surface area contributed by atoms with Gasteiger partial charge in [-0.15, -0.1) is 0 Å². The number of benzene rings is 1. The molecule has 0 fully saturated rings. The molecule has 1 amide bonds. The van der Waals surface area contributed by atoms with Gasteiger partial charge in [0.25, 0.3) is 0 Å². The highest BCUT2D eigenvalue weighted by Gasteiger charge is 2.29. The summed E-state index contributed by atoms with van der Waals surface area (Å²) in [5.41, 5.74) is -0.130. The van der Waals surface area contributed by atoms with Crippen LogP contribution in [0, 0.1) is 0 Å². The predicted octanol–water partition coefficient (Wildman–Crippen LogP) is 2.74. The van der Waals surface area contributed by atoms with Gasteiger partial charge in [0.15, 0.2) is 0 Å². The minimum absolute atomic E-state index is 0.0459. The molecule has 130 valence electrons. The van der Waals surface area contributed by atoms with E-state index in [4.69, 9.17) is 0 Å². The van der Waals surface area contributed by atoms with E-state index < -0.39 is 26.4 Å². The lowest BCUT2D eigenvalue weighted by Gasteiger charge is -2.23. The largest absolute Gasteiger partial charge is 0.341 e. The lowest BCUT2D eigenvalue weighted by Crippen LogP contribution is -2.36. The fourth-order valence-electron chi connectivity index (χ4n) is 2.12. The van der Waals surface area contributed by atoms with Crippen molar-refractivity contribution in [2.75, 3.05) is 18.9 Å². The summed E-state index contributed by atoms with van der Waals surface area (Å²) in [6.07, 6.45) is 1.89. The molecule has 8 heteroatoms. The van der Waals surface area contributed by atoms with Crippen LogP contribution in [0.1, 0.15) is 26.7 Å². The van der Waals surface area contributed by atoms with Crippen molar-refractivity contribution >= 4 is 21.4 Å². The average Bonchev–Trinajstić information content (AvgIpc) is 2.47. The van der Waals surface area contributed by atoms with Gasteiger partial charge in [0.2, 0.25) is 15.7 Å². The van der Waals surface area contributed by atoms with Crippen LogP contribution in [0.15, 0.2) is 29.2 Å². The zero-order chi connectivity index (χ0) is 17.6. The number of amides is 1. The Labute approximate surface area is 135 Å². The van der Waals surface area contributed by atoms with Gasteiger partial charge in [0.1, 0.15) is 0 Å². The van der Waals surface area contributed by atoms with E-state index in [2.05, 4.69) is 5.32 Å². The quantitative estimate of drug-likeness (QED) is 0.784. The Morgan fingerprint density at radius 1 is 1.30 bits per heavy atom. The van der Waals surface area contributed by atoms with E-state index >= 15 is 0 Å². The Hall–Kier alpha value is -1.54. The lowest BCUT2D eigenvalue weighted by molar-refractivity contribution is -0.117. The molecule has 1 rings (SSSR count). The highest BCUT2D eigenvalue weighted by molar-refractivity contribution is 7.91. The van der Waals surface area contributed by atoms with E-state index in [0.29, 0.717) is 0 Å². The van der Waals surface area contributed by atoms with Gasteiger partial charge in [0.05, 0.1) is 17.1 Å². The van der Waals surface area contributed by atoms with E-state index in [-0.39, 0.29) is 18.3 Å². The van der Waals surface area contributed by atoms with Gasteiger partial charge in [-0.1, -0.05) is 25.5 Å². The number of halogens is 2. The standard InChI is InChI=1S/C15H22F2N2O3S/c1-4-7-11(2)19(3)10-14(20)18-12-8-5-6-9-13(12)23(21,22)15(16)17/h5-6,8-9,11,15H,4,7,10H2,1-3H3,(H,18,20)/t11-/m0/s1. The van der Waals surface area contributed by atoms with Gasteiger partial charge in [-0.05, 0) is 32.5 Å². The van der Waals surface area contributed by atoms with Crippen molar-refractivity contribution in [1.29, 1.82) is 0 Å². The van der Waals surface area contributed by atoms with E-state index in [1.54, 1.807) is 7.05 Å². The van der Waals surface area contributed by atoms with Crippen LogP contribution in [0.2, 0.25) is 0 Å². The second kappa shape index (κ2) is 8.35. The van der Waals surface area contributed by atoms with Crippen LogP contribution in [-0.2, 0) is 14.6 Å². The van der Waals surface area contributed by atoms with Crippen LogP contribution in [0.5, 0.6) is 0 Å². The highest BCUT2D eigenvalue weighted by Crippen LogP contribution is 2.26. The van der Waals surface area contributed by atoms with E-state index in [1.165, 1.54) is 18.2 Å². The smallest absolute Gasteiger partial charge is 0.324 e. The number of para-hydroxylation sites is 1. The molecule has 0 aliphatic heterocycles. The number of rotatable bonds is 8. The van der Waals surface area contributed by atoms with E-state index in [1.807, 2.05) is 18.7 Å². The third-order valence-electron chi connectivity index (χ3n) is 3.55. The molecule has 0 radical (unpaired) electrons. The first-order valence-electron chi connectivity index (χ1n) is 7.31. The van der Waals surface area contributed by atoms with Crippen molar-refractivity contribution in [2.24, 2.45) is 0 Å². The summed E-state index contributed by atoms with van der Waals surface area (Å²) in [5, 5.41) is 2.41. The summed E-state index contributed by atoms with van der Waals surface area (Å²) in [6, 6.07) is 5.35. The molecule has 1 aromatic rings. The molecule has 5 nitrogen and oxygen atoms in total. The number of sulfone groups is 1. The molecule has 0 aliphatic carbocycles. The lowest BCUT2D eigenvalue weighted by atomic mass is 10.2. The van der Waals surface area contributed by atoms with E-state index in [9.17, 15) is 22.0 Å². The minimum atomic E-state index is -4.77. The molecule has 0 aliphatic rings. The van der Waals surface area contributed by atoms with Gasteiger partial charge in [0, 0.05) is 6.04 Å². The number of hydrogen-bond donors (Lipinski definition) is 1. The van der Waals surface area contributed by atoms with Gasteiger partial charge in [-0.25, -0.2) is 8.42 Å². The Balaban J connectivity index is 2.88. The van der Waals surface area contributed by atoms with Crippen LogP contribution in [0.4, 0.5) is 14.5 Å². The highest BCUT2D eigenvalue weighted by atomic mass is 32.2. The fraction of sp³-hybridized carbons (Fsp3) is 0.533. The van der Waals surface area contributed by atoms with Crippen LogP contribution in [-0.4, -0.2) is 44.6 Å². The Morgan fingerprint density at radius 3 is 2.48 bits per heavy atom. The first kappa shape index (κ1) is 19.5. The second-order valence-electron chi connectivity index (χ2n) is 5.40. The number of alkyl halides is 2. The predicted molar refractivity (Wildman–Crippen MR) is 85.3 cm³/mol. The van der Waals surface area contributed by atoms with Crippen molar-refractivity contribution in [3.63, 3.8) is 0 Å². The van der Waals surface area contributed by atoms with Crippen molar-refractivity contribution in [3.8, 4) is 0 Å². The topological polar surface area (TPSA) is 66.5 Å². The molecular weight excluding hydrogens is 326 g/mol. The van der Waals surface area contributed by atoms with E-state index in [0.717, 1.165) is 18.9 Å². The number of nitrogens with one attached hydrogen (secondary N) is 1. The summed E-state index contributed by atoms with van der Waals surface area (Å²) in [6.45, 7) is 4.06. The average molecular weight is 348 g/mol. The fourth-order valence-corrected chi connectivity index (χ4v) is 3.01. The molecule has 0 heterocycles. The number of likely N-dealkylation sites (N-methyl/N-ethyl adjacent to an activating group) is 1. The molecule has 0 saturated carbocycles. The van der Waals surface area contributed by atoms with Crippen molar-refractivity contribution < 1.29 is 22.0 Å². The Bertz CT molecular complexity index is 635. The van der Waals surface area contributed by atoms with Gasteiger partial charge in [-0.2, -0.15) is 8.78 Å². The Morgan fingerprint density at radius 2 is 1.91 bits per heavy atom. The van der Waals surface area contributed by atoms with Crippen LogP contribution < -0.4 is 5.32 Å². The van der Waals surface area contributed by atoms with Gasteiger partial charge >= 0.3 is 5.76 Å². The number of anilines is 1. The zero-order valence-electron chi connectivity index (χ0n) is 13.4. The normalized spacial score (nSPS) is 13.3. The number of carbonyl (C=O) groups is 1. The third kappa shape index (κ3) is 5.24. The molecule has 1 atom stereocenters. The molecule has 0 bridgehead atoms. The van der Waals surface area contributed by atoms with Gasteiger partial charge in [-0.3, -0.25) is 9.69 Å². The first-order chi connectivity index (χ1) is 10.7. The van der Waals surface area contributed by atoms with Crippen LogP contribution in [0.3, 0.4) is 0 Å². The number of hydrogen-bond acceptors (Lipinski definition) is 4. The molecule has 0 saturated heterocycles. The zero-order valence-corrected chi connectivity index (χ0v) is 14.2. The van der Waals surface area contributed by atoms with Gasteiger partial charge < -0.3 is 5.32 Å². The maximum absolute atomic E-state index is 12.7. The summed E-state index contributed by atoms with van der Waals surface area (Å²) in [4.78, 5) is 13.3. The summed E-state index contributed by atoms with van der Waals surface area (Å²) >= 11 is 0. The van der Waals surface area contributed by atoms with Crippen molar-refractivity contribution in [1.82, 2.24) is 4.90 Å². The molecule has 1 N–H and O–H groups in total. The minimum Gasteiger partial charge on any atom is -0.324 e. The maximum Gasteiger partial charge on any atom is 0.341 e.